The third kappa shape index (κ3) is 5.31. The number of hydrogen-bond donors (Lipinski definition) is 1. The summed E-state index contributed by atoms with van der Waals surface area (Å²) in [4.78, 5) is 10.4. The number of nitrogens with zero attached hydrogens (tertiary/aromatic N) is 3. The highest BCUT2D eigenvalue weighted by atomic mass is 32.3. The van der Waals surface area contributed by atoms with E-state index in [0.717, 1.165) is 34.9 Å². The minimum absolute atomic E-state index is 0.0920. The van der Waals surface area contributed by atoms with Gasteiger partial charge in [0.25, 0.3) is 5.69 Å². The lowest BCUT2D eigenvalue weighted by atomic mass is 10.0. The Morgan fingerprint density at radius 3 is 2.28 bits per heavy atom. The summed E-state index contributed by atoms with van der Waals surface area (Å²) in [6.07, 6.45) is 9.35. The first-order valence-corrected chi connectivity index (χ1v) is 12.5. The highest BCUT2D eigenvalue weighted by molar-refractivity contribution is 8.47. The number of nitro groups is 1. The van der Waals surface area contributed by atoms with Crippen molar-refractivity contribution in [2.24, 2.45) is 0 Å². The molecule has 0 saturated carbocycles. The van der Waals surface area contributed by atoms with Gasteiger partial charge in [0.05, 0.1) is 17.2 Å². The monoisotopic (exact) mass is 367 g/mol. The van der Waals surface area contributed by atoms with Gasteiger partial charge in [0, 0.05) is 23.4 Å². The minimum Gasteiger partial charge on any atom is -0.359 e. The van der Waals surface area contributed by atoms with Gasteiger partial charge in [0.1, 0.15) is 6.73 Å². The van der Waals surface area contributed by atoms with E-state index in [-0.39, 0.29) is 10.6 Å². The fourth-order valence-electron chi connectivity index (χ4n) is 2.57. The maximum absolute atomic E-state index is 10.8. The van der Waals surface area contributed by atoms with Gasteiger partial charge in [-0.2, -0.15) is 5.10 Å². The van der Waals surface area contributed by atoms with E-state index in [1.54, 1.807) is 12.1 Å². The predicted octanol–water partition coefficient (Wildman–Crippen LogP) is 3.64. The van der Waals surface area contributed by atoms with Crippen LogP contribution < -0.4 is 0 Å². The first-order valence-electron chi connectivity index (χ1n) is 8.31. The zero-order valence-corrected chi connectivity index (χ0v) is 16.8. The van der Waals surface area contributed by atoms with Gasteiger partial charge in [-0.15, -0.1) is 0 Å². The van der Waals surface area contributed by atoms with Crippen LogP contribution in [-0.2, 0) is 11.5 Å². The van der Waals surface area contributed by atoms with E-state index in [2.05, 4.69) is 30.1 Å². The molecule has 0 amide bonds. The number of thiol groups is 1. The van der Waals surface area contributed by atoms with E-state index < -0.39 is 9.16 Å². The summed E-state index contributed by atoms with van der Waals surface area (Å²) in [7, 11) is -1.55. The molecule has 0 bridgehead atoms. The van der Waals surface area contributed by atoms with E-state index in [4.69, 9.17) is 4.74 Å². The molecule has 0 N–H and O–H groups in total. The number of nitro benzene ring substituents is 1. The van der Waals surface area contributed by atoms with Crippen LogP contribution in [0.1, 0.15) is 11.4 Å². The van der Waals surface area contributed by atoms with Crippen LogP contribution in [0.3, 0.4) is 0 Å². The maximum atomic E-state index is 10.8. The van der Waals surface area contributed by atoms with Crippen molar-refractivity contribution in [2.45, 2.75) is 20.6 Å². The van der Waals surface area contributed by atoms with Crippen LogP contribution in [-0.4, -0.2) is 52.1 Å². The number of benzene rings is 1. The molecule has 0 aliphatic carbocycles. The van der Waals surface area contributed by atoms with E-state index >= 15 is 0 Å². The van der Waals surface area contributed by atoms with Crippen molar-refractivity contribution in [3.05, 3.63) is 45.8 Å². The van der Waals surface area contributed by atoms with Gasteiger partial charge >= 0.3 is 0 Å². The number of aromatic nitrogens is 2. The summed E-state index contributed by atoms with van der Waals surface area (Å²) in [6, 6.07) is 6.59. The van der Waals surface area contributed by atoms with Crippen LogP contribution in [0.25, 0.3) is 11.1 Å². The summed E-state index contributed by atoms with van der Waals surface area (Å²) >= 11 is 0. The summed E-state index contributed by atoms with van der Waals surface area (Å²) in [5.41, 5.74) is 3.93. The number of non-ortho nitro benzene ring substituents is 1. The SMILES string of the molecule is Cc1nn(COCC[SH](C)(C)(C)C)c(C)c1-c1ccc([N+](=O)[O-])cc1. The molecule has 0 radical (unpaired) electrons. The lowest BCUT2D eigenvalue weighted by Gasteiger charge is -2.46. The highest BCUT2D eigenvalue weighted by Gasteiger charge is 2.18. The molecule has 0 aliphatic rings. The number of ether oxygens (including phenoxy) is 1. The van der Waals surface area contributed by atoms with Crippen molar-refractivity contribution < 1.29 is 9.66 Å². The average Bonchev–Trinajstić information content (AvgIpc) is 2.76. The zero-order chi connectivity index (χ0) is 18.9. The first kappa shape index (κ1) is 19.5. The molecule has 25 heavy (non-hydrogen) atoms. The molecule has 0 saturated heterocycles. The smallest absolute Gasteiger partial charge is 0.269 e. The molecule has 0 spiro atoms. The molecule has 0 aliphatic heterocycles. The van der Waals surface area contributed by atoms with Gasteiger partial charge in [0.15, 0.2) is 0 Å². The van der Waals surface area contributed by atoms with Gasteiger partial charge in [-0.05, 0) is 62.3 Å². The quantitative estimate of drug-likeness (QED) is 0.351. The maximum Gasteiger partial charge on any atom is 0.269 e. The zero-order valence-electron chi connectivity index (χ0n) is 15.9. The number of rotatable bonds is 7. The minimum atomic E-state index is -1.55. The largest absolute Gasteiger partial charge is 0.359 e. The molecule has 2 rings (SSSR count). The molecule has 2 aromatic rings. The third-order valence-electron chi connectivity index (χ3n) is 4.09. The van der Waals surface area contributed by atoms with E-state index in [1.807, 2.05) is 18.5 Å². The van der Waals surface area contributed by atoms with E-state index in [1.165, 1.54) is 12.1 Å². The van der Waals surface area contributed by atoms with Crippen molar-refractivity contribution in [3.8, 4) is 11.1 Å². The highest BCUT2D eigenvalue weighted by Crippen LogP contribution is 2.54. The summed E-state index contributed by atoms with van der Waals surface area (Å²) < 4.78 is 7.70. The Morgan fingerprint density at radius 1 is 1.16 bits per heavy atom. The van der Waals surface area contributed by atoms with Crippen molar-refractivity contribution in [1.82, 2.24) is 9.78 Å². The Morgan fingerprint density at radius 2 is 1.76 bits per heavy atom. The van der Waals surface area contributed by atoms with Crippen LogP contribution in [0.5, 0.6) is 0 Å². The second kappa shape index (κ2) is 6.80. The Kier molecular flexibility index (Phi) is 5.30. The molecule has 1 aromatic heterocycles. The Bertz CT molecular complexity index is 764. The van der Waals surface area contributed by atoms with Gasteiger partial charge in [0.2, 0.25) is 0 Å². The average molecular weight is 368 g/mol. The van der Waals surface area contributed by atoms with E-state index in [9.17, 15) is 10.1 Å². The molecule has 140 valence electrons. The van der Waals surface area contributed by atoms with Gasteiger partial charge < -0.3 is 4.74 Å². The Hall–Kier alpha value is -1.86. The lowest BCUT2D eigenvalue weighted by molar-refractivity contribution is -0.384. The van der Waals surface area contributed by atoms with Crippen LogP contribution in [0.2, 0.25) is 0 Å². The molecule has 7 heteroatoms. The fraction of sp³-hybridized carbons (Fsp3) is 0.500. The second-order valence-electron chi connectivity index (χ2n) is 8.56. The molecule has 0 unspecified atom stereocenters. The van der Waals surface area contributed by atoms with Crippen LogP contribution >= 0.6 is 9.16 Å². The standard InChI is InChI=1S/C18H29N3O3S/c1-14-18(16-7-9-17(10-8-16)21(22)23)15(2)20(19-14)13-24-11-12-25(3,4,5)6/h7-10,25H,11-13H2,1-6H3. The first-order chi connectivity index (χ1) is 11.4. The molecular weight excluding hydrogens is 338 g/mol. The van der Waals surface area contributed by atoms with E-state index in [0.29, 0.717) is 6.73 Å². The predicted molar refractivity (Wildman–Crippen MR) is 107 cm³/mol. The van der Waals surface area contributed by atoms with Crippen molar-refractivity contribution in [1.29, 1.82) is 0 Å². The van der Waals surface area contributed by atoms with Gasteiger partial charge in [-0.25, -0.2) is 4.68 Å². The number of aryl methyl sites for hydroxylation is 1. The topological polar surface area (TPSA) is 70.2 Å². The molecule has 6 nitrogen and oxygen atoms in total. The lowest BCUT2D eigenvalue weighted by Crippen LogP contribution is -2.20. The van der Waals surface area contributed by atoms with Crippen LogP contribution in [0, 0.1) is 24.0 Å². The van der Waals surface area contributed by atoms with Crippen LogP contribution in [0.4, 0.5) is 5.69 Å². The van der Waals surface area contributed by atoms with Crippen molar-refractivity contribution in [3.63, 3.8) is 0 Å². The Labute approximate surface area is 149 Å². The van der Waals surface area contributed by atoms with Crippen molar-refractivity contribution >= 4 is 14.8 Å². The second-order valence-corrected chi connectivity index (χ2v) is 16.9. The molecular formula is C18H29N3O3S. The summed E-state index contributed by atoms with van der Waals surface area (Å²) in [5.74, 6) is 1.08. The number of hydrogen-bond acceptors (Lipinski definition) is 4. The Balaban J connectivity index is 2.11. The third-order valence-corrected chi connectivity index (χ3v) is 6.06. The normalized spacial score (nSPS) is 13.4. The summed E-state index contributed by atoms with van der Waals surface area (Å²) in [5, 5.41) is 15.4. The molecule has 1 heterocycles. The van der Waals surface area contributed by atoms with Gasteiger partial charge in [-0.1, -0.05) is 0 Å². The van der Waals surface area contributed by atoms with Crippen LogP contribution in [0.15, 0.2) is 24.3 Å². The summed E-state index contributed by atoms with van der Waals surface area (Å²) in [6.45, 7) is 5.09. The molecule has 0 fully saturated rings. The van der Waals surface area contributed by atoms with Crippen molar-refractivity contribution in [2.75, 3.05) is 37.4 Å². The molecule has 1 aromatic carbocycles. The molecule has 0 atom stereocenters. The van der Waals surface area contributed by atoms with Gasteiger partial charge in [-0.3, -0.25) is 19.3 Å². The fourth-order valence-corrected chi connectivity index (χ4v) is 3.43.